The van der Waals surface area contributed by atoms with Crippen LogP contribution < -0.4 is 9.62 Å². The molecule has 24 heavy (non-hydrogen) atoms. The number of hydrogen-bond donors (Lipinski definition) is 2. The van der Waals surface area contributed by atoms with Gasteiger partial charge in [0.25, 0.3) is 10.0 Å². The Labute approximate surface area is 141 Å². The van der Waals surface area contributed by atoms with Crippen molar-refractivity contribution in [3.05, 3.63) is 29.7 Å². The number of pyridine rings is 1. The van der Waals surface area contributed by atoms with Crippen LogP contribution in [0.15, 0.2) is 23.2 Å². The Morgan fingerprint density at radius 2 is 1.88 bits per heavy atom. The maximum Gasteiger partial charge on any atom is 0.265 e. The largest absolute Gasteiger partial charge is 0.354 e. The molecule has 0 amide bonds. The number of likely N-dealkylation sites (N-methyl/N-ethyl adjacent to an activating group) is 1. The molecule has 130 valence electrons. The van der Waals surface area contributed by atoms with Crippen LogP contribution in [-0.2, 0) is 10.0 Å². The first-order chi connectivity index (χ1) is 11.4. The second-order valence-electron chi connectivity index (χ2n) is 6.06. The van der Waals surface area contributed by atoms with Gasteiger partial charge in [0.1, 0.15) is 10.7 Å². The fourth-order valence-electron chi connectivity index (χ4n) is 2.81. The fraction of sp³-hybridized carbons (Fsp3) is 0.467. The molecule has 1 fully saturated rings. The summed E-state index contributed by atoms with van der Waals surface area (Å²) >= 11 is 0. The second-order valence-corrected chi connectivity index (χ2v) is 7.68. The van der Waals surface area contributed by atoms with Crippen LogP contribution >= 0.6 is 0 Å². The van der Waals surface area contributed by atoms with Gasteiger partial charge in [-0.05, 0) is 33.0 Å². The summed E-state index contributed by atoms with van der Waals surface area (Å²) in [6.45, 7) is 7.17. The molecule has 0 atom stereocenters. The summed E-state index contributed by atoms with van der Waals surface area (Å²) in [6, 6.07) is 3.58. The Kier molecular flexibility index (Phi) is 4.46. The van der Waals surface area contributed by atoms with Crippen LogP contribution in [-0.4, -0.2) is 61.7 Å². The van der Waals surface area contributed by atoms with E-state index in [1.165, 1.54) is 0 Å². The van der Waals surface area contributed by atoms with Crippen molar-refractivity contribution in [2.45, 2.75) is 18.7 Å². The van der Waals surface area contributed by atoms with Gasteiger partial charge < -0.3 is 9.80 Å². The lowest BCUT2D eigenvalue weighted by Gasteiger charge is -2.33. The van der Waals surface area contributed by atoms with E-state index >= 15 is 0 Å². The molecular weight excluding hydrogens is 328 g/mol. The Hall–Kier alpha value is -2.13. The van der Waals surface area contributed by atoms with Gasteiger partial charge in [0.05, 0.1) is 23.3 Å². The maximum atomic E-state index is 12.5. The normalized spacial score (nSPS) is 16.4. The number of anilines is 2. The highest BCUT2D eigenvalue weighted by atomic mass is 32.2. The van der Waals surface area contributed by atoms with E-state index in [0.717, 1.165) is 32.0 Å². The summed E-state index contributed by atoms with van der Waals surface area (Å²) < 4.78 is 27.6. The number of aromatic nitrogens is 3. The molecule has 0 bridgehead atoms. The highest BCUT2D eigenvalue weighted by Crippen LogP contribution is 2.22. The van der Waals surface area contributed by atoms with Gasteiger partial charge in [0.15, 0.2) is 0 Å². The van der Waals surface area contributed by atoms with E-state index in [1.807, 2.05) is 6.07 Å². The van der Waals surface area contributed by atoms with Crippen molar-refractivity contribution >= 4 is 21.5 Å². The van der Waals surface area contributed by atoms with Gasteiger partial charge in [-0.1, -0.05) is 0 Å². The SMILES string of the molecule is Cc1n[nH]c(C)c1S(=O)(=O)Nc1ccc(N2CCN(C)CC2)nc1. The van der Waals surface area contributed by atoms with Crippen LogP contribution in [0.1, 0.15) is 11.4 Å². The number of H-pyrrole nitrogens is 1. The summed E-state index contributed by atoms with van der Waals surface area (Å²) in [5.74, 6) is 0.863. The van der Waals surface area contributed by atoms with Crippen LogP contribution in [0.4, 0.5) is 11.5 Å². The van der Waals surface area contributed by atoms with Gasteiger partial charge in [-0.15, -0.1) is 0 Å². The molecule has 0 saturated carbocycles. The van der Waals surface area contributed by atoms with Gasteiger partial charge in [-0.25, -0.2) is 13.4 Å². The number of rotatable bonds is 4. The molecule has 1 saturated heterocycles. The summed E-state index contributed by atoms with van der Waals surface area (Å²) in [6.07, 6.45) is 1.55. The second kappa shape index (κ2) is 6.40. The minimum atomic E-state index is -3.68. The summed E-state index contributed by atoms with van der Waals surface area (Å²) in [7, 11) is -1.58. The lowest BCUT2D eigenvalue weighted by Crippen LogP contribution is -2.44. The van der Waals surface area contributed by atoms with E-state index in [0.29, 0.717) is 17.1 Å². The number of aryl methyl sites for hydroxylation is 2. The van der Waals surface area contributed by atoms with E-state index in [2.05, 4.69) is 36.8 Å². The highest BCUT2D eigenvalue weighted by molar-refractivity contribution is 7.92. The van der Waals surface area contributed by atoms with E-state index in [1.54, 1.807) is 26.1 Å². The predicted octanol–water partition coefficient (Wildman–Crippen LogP) is 0.974. The van der Waals surface area contributed by atoms with Crippen molar-refractivity contribution in [3.8, 4) is 0 Å². The standard InChI is InChI=1S/C15H22N6O2S/c1-11-15(12(2)18-17-11)24(22,23)19-13-4-5-14(16-10-13)21-8-6-20(3)7-9-21/h4-5,10,19H,6-9H2,1-3H3,(H,17,18). The van der Waals surface area contributed by atoms with Crippen molar-refractivity contribution in [2.75, 3.05) is 42.8 Å². The topological polar surface area (TPSA) is 94.2 Å². The summed E-state index contributed by atoms with van der Waals surface area (Å²) in [4.78, 5) is 9.05. The lowest BCUT2D eigenvalue weighted by molar-refractivity contribution is 0.312. The van der Waals surface area contributed by atoms with Gasteiger partial charge in [0.2, 0.25) is 0 Å². The first kappa shape index (κ1) is 16.7. The maximum absolute atomic E-state index is 12.5. The van der Waals surface area contributed by atoms with Gasteiger partial charge in [-0.2, -0.15) is 5.10 Å². The van der Waals surface area contributed by atoms with Crippen molar-refractivity contribution in [2.24, 2.45) is 0 Å². The van der Waals surface area contributed by atoms with Crippen LogP contribution in [0.25, 0.3) is 0 Å². The Bertz CT molecular complexity index is 787. The molecule has 8 nitrogen and oxygen atoms in total. The minimum Gasteiger partial charge on any atom is -0.354 e. The molecule has 3 rings (SSSR count). The zero-order chi connectivity index (χ0) is 17.3. The van der Waals surface area contributed by atoms with Crippen molar-refractivity contribution in [3.63, 3.8) is 0 Å². The molecule has 9 heteroatoms. The molecule has 0 unspecified atom stereocenters. The lowest BCUT2D eigenvalue weighted by atomic mass is 10.3. The molecule has 2 N–H and O–H groups in total. The number of hydrogen-bond acceptors (Lipinski definition) is 6. The van der Waals surface area contributed by atoms with E-state index < -0.39 is 10.0 Å². The Balaban J connectivity index is 1.75. The zero-order valence-corrected chi connectivity index (χ0v) is 14.9. The summed E-state index contributed by atoms with van der Waals surface area (Å²) in [5.41, 5.74) is 1.40. The first-order valence-electron chi connectivity index (χ1n) is 7.81. The molecule has 2 aromatic rings. The molecule has 2 aromatic heterocycles. The highest BCUT2D eigenvalue weighted by Gasteiger charge is 2.22. The van der Waals surface area contributed by atoms with Crippen LogP contribution in [0.3, 0.4) is 0 Å². The number of sulfonamides is 1. The number of nitrogens with zero attached hydrogens (tertiary/aromatic N) is 4. The van der Waals surface area contributed by atoms with Crippen LogP contribution in [0, 0.1) is 13.8 Å². The van der Waals surface area contributed by atoms with Crippen LogP contribution in [0.5, 0.6) is 0 Å². The van der Waals surface area contributed by atoms with Gasteiger partial charge in [0, 0.05) is 26.2 Å². The fourth-order valence-corrected chi connectivity index (χ4v) is 4.23. The van der Waals surface area contributed by atoms with Gasteiger partial charge >= 0.3 is 0 Å². The number of piperazine rings is 1. The monoisotopic (exact) mass is 350 g/mol. The average molecular weight is 350 g/mol. The van der Waals surface area contributed by atoms with E-state index in [9.17, 15) is 8.42 Å². The molecule has 0 aromatic carbocycles. The van der Waals surface area contributed by atoms with Crippen molar-refractivity contribution in [1.29, 1.82) is 0 Å². The molecule has 0 radical (unpaired) electrons. The van der Waals surface area contributed by atoms with Crippen LogP contribution in [0.2, 0.25) is 0 Å². The predicted molar refractivity (Wildman–Crippen MR) is 92.8 cm³/mol. The molecule has 1 aliphatic heterocycles. The first-order valence-corrected chi connectivity index (χ1v) is 9.29. The molecule has 3 heterocycles. The molecular formula is C15H22N6O2S. The molecule has 0 spiro atoms. The smallest absolute Gasteiger partial charge is 0.265 e. The quantitative estimate of drug-likeness (QED) is 0.853. The zero-order valence-electron chi connectivity index (χ0n) is 14.1. The van der Waals surface area contributed by atoms with E-state index in [-0.39, 0.29) is 4.90 Å². The van der Waals surface area contributed by atoms with Crippen molar-refractivity contribution < 1.29 is 8.42 Å². The van der Waals surface area contributed by atoms with E-state index in [4.69, 9.17) is 0 Å². The third kappa shape index (κ3) is 3.36. The van der Waals surface area contributed by atoms with Gasteiger partial charge in [-0.3, -0.25) is 9.82 Å². The number of nitrogens with one attached hydrogen (secondary N) is 2. The Morgan fingerprint density at radius 3 is 2.42 bits per heavy atom. The molecule has 0 aliphatic carbocycles. The Morgan fingerprint density at radius 1 is 1.17 bits per heavy atom. The molecule has 1 aliphatic rings. The third-order valence-corrected chi connectivity index (χ3v) is 5.80. The number of aromatic amines is 1. The minimum absolute atomic E-state index is 0.186. The third-order valence-electron chi connectivity index (χ3n) is 4.16. The summed E-state index contributed by atoms with van der Waals surface area (Å²) in [5, 5.41) is 6.62. The van der Waals surface area contributed by atoms with Crippen molar-refractivity contribution in [1.82, 2.24) is 20.1 Å². The average Bonchev–Trinajstić information content (AvgIpc) is 2.88.